The Bertz CT molecular complexity index is 662. The molecule has 0 amide bonds. The molecule has 1 nitrogen and oxygen atoms in total. The van der Waals surface area contributed by atoms with E-state index in [1.807, 2.05) is 0 Å². The molecule has 108 valence electrons. The number of hydrogen-bond donors (Lipinski definition) is 0. The molecule has 0 heterocycles. The number of ketones is 1. The predicted octanol–water partition coefficient (Wildman–Crippen LogP) is 5.28. The minimum Gasteiger partial charge on any atom is -0.300 e. The van der Waals surface area contributed by atoms with Gasteiger partial charge in [-0.3, -0.25) is 0 Å². The van der Waals surface area contributed by atoms with Gasteiger partial charge in [0.2, 0.25) is 0 Å². The molecule has 21 heavy (non-hydrogen) atoms. The summed E-state index contributed by atoms with van der Waals surface area (Å²) in [6.07, 6.45) is 2.91. The van der Waals surface area contributed by atoms with Crippen molar-refractivity contribution in [2.24, 2.45) is 0 Å². The summed E-state index contributed by atoms with van der Waals surface area (Å²) >= 11 is 2.38. The second-order valence-corrected chi connectivity index (χ2v) is 7.16. The Morgan fingerprint density at radius 1 is 1.10 bits per heavy atom. The maximum Gasteiger partial charge on any atom is 0.130 e. The van der Waals surface area contributed by atoms with Crippen LogP contribution < -0.4 is 0 Å². The number of halogens is 1. The molecule has 0 radical (unpaired) electrons. The van der Waals surface area contributed by atoms with Gasteiger partial charge in [0.15, 0.2) is 0 Å². The van der Waals surface area contributed by atoms with Crippen LogP contribution in [-0.2, 0) is 4.79 Å². The number of rotatable bonds is 3. The zero-order valence-electron chi connectivity index (χ0n) is 12.2. The zero-order valence-corrected chi connectivity index (χ0v) is 14.3. The summed E-state index contributed by atoms with van der Waals surface area (Å²) < 4.78 is 1.29. The molecule has 0 saturated carbocycles. The highest BCUT2D eigenvalue weighted by atomic mass is 127. The van der Waals surface area contributed by atoms with Crippen LogP contribution in [0.5, 0.6) is 0 Å². The van der Waals surface area contributed by atoms with Crippen molar-refractivity contribution in [3.8, 4) is 0 Å². The number of carbonyl (C=O) groups excluding carboxylic acids is 1. The van der Waals surface area contributed by atoms with E-state index in [4.69, 9.17) is 0 Å². The molecule has 2 unspecified atom stereocenters. The van der Waals surface area contributed by atoms with Gasteiger partial charge >= 0.3 is 0 Å². The van der Waals surface area contributed by atoms with E-state index in [0.717, 1.165) is 12.8 Å². The van der Waals surface area contributed by atoms with Crippen LogP contribution in [0.3, 0.4) is 0 Å². The van der Waals surface area contributed by atoms with Gasteiger partial charge in [-0.1, -0.05) is 36.4 Å². The van der Waals surface area contributed by atoms with Gasteiger partial charge in [-0.15, -0.1) is 0 Å². The van der Waals surface area contributed by atoms with Crippen molar-refractivity contribution in [1.29, 1.82) is 0 Å². The summed E-state index contributed by atoms with van der Waals surface area (Å²) in [4.78, 5) is 11.5. The molecular formula is C19H19IO. The highest BCUT2D eigenvalue weighted by molar-refractivity contribution is 14.1. The maximum absolute atomic E-state index is 11.5. The van der Waals surface area contributed by atoms with Crippen LogP contribution in [0.2, 0.25) is 0 Å². The lowest BCUT2D eigenvalue weighted by Gasteiger charge is -2.31. The Balaban J connectivity index is 2.00. The SMILES string of the molecule is CC(=O)CC1CCC(c2cccc(I)c2)c2ccccc21. The molecule has 0 spiro atoms. The summed E-state index contributed by atoms with van der Waals surface area (Å²) in [5, 5.41) is 0. The van der Waals surface area contributed by atoms with Gasteiger partial charge in [-0.25, -0.2) is 0 Å². The summed E-state index contributed by atoms with van der Waals surface area (Å²) in [5.74, 6) is 1.17. The number of benzene rings is 2. The van der Waals surface area contributed by atoms with Crippen molar-refractivity contribution in [2.45, 2.75) is 38.0 Å². The van der Waals surface area contributed by atoms with Crippen LogP contribution in [-0.4, -0.2) is 5.78 Å². The normalized spacial score (nSPS) is 20.9. The topological polar surface area (TPSA) is 17.1 Å². The first-order valence-electron chi connectivity index (χ1n) is 7.49. The van der Waals surface area contributed by atoms with Crippen LogP contribution in [0.4, 0.5) is 0 Å². The Hall–Kier alpha value is -1.16. The second kappa shape index (κ2) is 6.30. The van der Waals surface area contributed by atoms with E-state index in [0.29, 0.717) is 24.0 Å². The van der Waals surface area contributed by atoms with Crippen LogP contribution in [0, 0.1) is 3.57 Å². The second-order valence-electron chi connectivity index (χ2n) is 5.92. The molecule has 0 saturated heterocycles. The molecule has 0 aliphatic heterocycles. The van der Waals surface area contributed by atoms with E-state index in [1.54, 1.807) is 6.92 Å². The summed E-state index contributed by atoms with van der Waals surface area (Å²) in [7, 11) is 0. The van der Waals surface area contributed by atoms with Crippen LogP contribution in [0.15, 0.2) is 48.5 Å². The Morgan fingerprint density at radius 3 is 2.57 bits per heavy atom. The number of fused-ring (bicyclic) bond motifs is 1. The van der Waals surface area contributed by atoms with Crippen molar-refractivity contribution in [2.75, 3.05) is 0 Å². The van der Waals surface area contributed by atoms with Gasteiger partial charge < -0.3 is 4.79 Å². The molecule has 2 aromatic carbocycles. The highest BCUT2D eigenvalue weighted by Gasteiger charge is 2.28. The fraction of sp³-hybridized carbons (Fsp3) is 0.316. The van der Waals surface area contributed by atoms with Crippen LogP contribution >= 0.6 is 22.6 Å². The monoisotopic (exact) mass is 390 g/mol. The Morgan fingerprint density at radius 2 is 1.86 bits per heavy atom. The van der Waals surface area contributed by atoms with Gasteiger partial charge in [0.05, 0.1) is 0 Å². The third kappa shape index (κ3) is 3.20. The van der Waals surface area contributed by atoms with E-state index in [2.05, 4.69) is 71.1 Å². The van der Waals surface area contributed by atoms with Gasteiger partial charge in [0.25, 0.3) is 0 Å². The predicted molar refractivity (Wildman–Crippen MR) is 94.7 cm³/mol. The largest absolute Gasteiger partial charge is 0.300 e. The summed E-state index contributed by atoms with van der Waals surface area (Å²) in [6, 6.07) is 17.5. The number of Topliss-reactive ketones (excluding diaryl/α,β-unsaturated/α-hetero) is 1. The first-order valence-corrected chi connectivity index (χ1v) is 8.56. The first-order chi connectivity index (χ1) is 10.1. The van der Waals surface area contributed by atoms with E-state index >= 15 is 0 Å². The standard InChI is InChI=1S/C19H19IO/c1-13(21)11-15-9-10-18(14-5-4-6-16(20)12-14)19-8-3-2-7-17(15)19/h2-8,12,15,18H,9-11H2,1H3. The van der Waals surface area contributed by atoms with Gasteiger partial charge in [0, 0.05) is 15.9 Å². The van der Waals surface area contributed by atoms with E-state index in [9.17, 15) is 4.79 Å². The Labute approximate surface area is 139 Å². The molecular weight excluding hydrogens is 371 g/mol. The summed E-state index contributed by atoms with van der Waals surface area (Å²) in [6.45, 7) is 1.70. The number of carbonyl (C=O) groups is 1. The maximum atomic E-state index is 11.5. The lowest BCUT2D eigenvalue weighted by atomic mass is 9.73. The molecule has 3 rings (SSSR count). The first kappa shape index (κ1) is 14.8. The minimum absolute atomic E-state index is 0.294. The smallest absolute Gasteiger partial charge is 0.130 e. The molecule has 1 aliphatic rings. The summed E-state index contributed by atoms with van der Waals surface area (Å²) in [5.41, 5.74) is 4.19. The molecule has 1 aliphatic carbocycles. The van der Waals surface area contributed by atoms with Crippen molar-refractivity contribution in [3.63, 3.8) is 0 Å². The fourth-order valence-corrected chi connectivity index (χ4v) is 4.07. The van der Waals surface area contributed by atoms with Crippen LogP contribution in [0.25, 0.3) is 0 Å². The third-order valence-electron chi connectivity index (χ3n) is 4.40. The fourth-order valence-electron chi connectivity index (χ4n) is 3.51. The molecule has 2 heteroatoms. The van der Waals surface area contributed by atoms with Crippen molar-refractivity contribution in [3.05, 3.63) is 68.8 Å². The molecule has 2 aromatic rings. The van der Waals surface area contributed by atoms with Gasteiger partial charge in [-0.05, 0) is 77.1 Å². The highest BCUT2D eigenvalue weighted by Crippen LogP contribution is 2.43. The molecule has 0 aromatic heterocycles. The van der Waals surface area contributed by atoms with E-state index in [1.165, 1.54) is 20.3 Å². The average Bonchev–Trinajstić information content (AvgIpc) is 2.47. The minimum atomic E-state index is 0.294. The lowest BCUT2D eigenvalue weighted by Crippen LogP contribution is -2.17. The van der Waals surface area contributed by atoms with Gasteiger partial charge in [-0.2, -0.15) is 0 Å². The number of hydrogen-bond acceptors (Lipinski definition) is 1. The lowest BCUT2D eigenvalue weighted by molar-refractivity contribution is -0.117. The molecule has 0 bridgehead atoms. The van der Waals surface area contributed by atoms with Gasteiger partial charge in [0.1, 0.15) is 5.78 Å². The average molecular weight is 390 g/mol. The van der Waals surface area contributed by atoms with Crippen LogP contribution in [0.1, 0.15) is 54.7 Å². The van der Waals surface area contributed by atoms with E-state index in [-0.39, 0.29) is 0 Å². The van der Waals surface area contributed by atoms with Crippen molar-refractivity contribution in [1.82, 2.24) is 0 Å². The quantitative estimate of drug-likeness (QED) is 0.652. The zero-order chi connectivity index (χ0) is 14.8. The Kier molecular flexibility index (Phi) is 4.43. The van der Waals surface area contributed by atoms with Crippen molar-refractivity contribution < 1.29 is 4.79 Å². The molecule has 0 N–H and O–H groups in total. The molecule has 2 atom stereocenters. The van der Waals surface area contributed by atoms with E-state index < -0.39 is 0 Å². The molecule has 0 fully saturated rings. The third-order valence-corrected chi connectivity index (χ3v) is 5.07. The van der Waals surface area contributed by atoms with Crippen molar-refractivity contribution >= 4 is 28.4 Å².